The van der Waals surface area contributed by atoms with Crippen LogP contribution in [0.1, 0.15) is 37.8 Å². The highest BCUT2D eigenvalue weighted by Crippen LogP contribution is 2.15. The molecule has 0 radical (unpaired) electrons. The van der Waals surface area contributed by atoms with Gasteiger partial charge in [0.15, 0.2) is 5.65 Å². The molecular weight excluding hydrogens is 382 g/mol. The van der Waals surface area contributed by atoms with Crippen LogP contribution in [0.15, 0.2) is 41.2 Å². The van der Waals surface area contributed by atoms with Crippen LogP contribution in [-0.4, -0.2) is 25.9 Å². The number of benzene rings is 1. The summed E-state index contributed by atoms with van der Waals surface area (Å²) in [5.41, 5.74) is 3.33. The zero-order valence-electron chi connectivity index (χ0n) is 17.6. The highest BCUT2D eigenvalue weighted by molar-refractivity contribution is 5.93. The fourth-order valence-electron chi connectivity index (χ4n) is 3.28. The summed E-state index contributed by atoms with van der Waals surface area (Å²) in [4.78, 5) is 41.1. The molecule has 0 atom stereocenters. The number of nitrogens with zero attached hydrogens (tertiary/aromatic N) is 3. The lowest BCUT2D eigenvalue weighted by atomic mass is 10.1. The van der Waals surface area contributed by atoms with Crippen LogP contribution >= 0.6 is 0 Å². The summed E-state index contributed by atoms with van der Waals surface area (Å²) in [5.74, 6) is -0.121. The van der Waals surface area contributed by atoms with E-state index in [9.17, 15) is 14.4 Å². The number of hydrogen-bond acceptors (Lipinski definition) is 4. The van der Waals surface area contributed by atoms with Crippen molar-refractivity contribution in [3.05, 3.63) is 58.0 Å². The maximum absolute atomic E-state index is 12.4. The summed E-state index contributed by atoms with van der Waals surface area (Å²) in [7, 11) is 0. The summed E-state index contributed by atoms with van der Waals surface area (Å²) in [5, 5.41) is 5.53. The molecule has 2 heterocycles. The maximum atomic E-state index is 12.4. The summed E-state index contributed by atoms with van der Waals surface area (Å²) in [6.45, 7) is 7.26. The van der Waals surface area contributed by atoms with Gasteiger partial charge in [-0.2, -0.15) is 0 Å². The minimum absolute atomic E-state index is 0.0516. The van der Waals surface area contributed by atoms with Crippen molar-refractivity contribution in [3.8, 4) is 0 Å². The van der Waals surface area contributed by atoms with E-state index in [2.05, 4.69) is 15.6 Å². The predicted molar refractivity (Wildman–Crippen MR) is 116 cm³/mol. The van der Waals surface area contributed by atoms with Gasteiger partial charge in [0, 0.05) is 32.5 Å². The van der Waals surface area contributed by atoms with Crippen LogP contribution in [0.3, 0.4) is 0 Å². The van der Waals surface area contributed by atoms with E-state index in [-0.39, 0.29) is 30.3 Å². The molecule has 0 spiro atoms. The molecule has 0 unspecified atom stereocenters. The van der Waals surface area contributed by atoms with Crippen molar-refractivity contribution in [3.63, 3.8) is 0 Å². The number of hydrogen-bond donors (Lipinski definition) is 2. The molecule has 8 nitrogen and oxygen atoms in total. The van der Waals surface area contributed by atoms with Gasteiger partial charge in [-0.05, 0) is 38.5 Å². The smallest absolute Gasteiger partial charge is 0.330 e. The van der Waals surface area contributed by atoms with Crippen LogP contribution in [0.5, 0.6) is 0 Å². The number of imidazole rings is 1. The molecule has 0 aliphatic heterocycles. The Morgan fingerprint density at radius 1 is 0.933 bits per heavy atom. The molecule has 0 fully saturated rings. The van der Waals surface area contributed by atoms with Gasteiger partial charge in [0.25, 0.3) is 0 Å². The number of aromatic nitrogens is 3. The molecule has 0 aliphatic carbocycles. The third-order valence-corrected chi connectivity index (χ3v) is 4.95. The first kappa shape index (κ1) is 21.3. The minimum Gasteiger partial charge on any atom is -0.352 e. The Morgan fingerprint density at radius 2 is 1.60 bits per heavy atom. The average molecular weight is 409 g/mol. The Balaban J connectivity index is 1.56. The van der Waals surface area contributed by atoms with Crippen LogP contribution in [0.4, 0.5) is 5.82 Å². The topological polar surface area (TPSA) is 98.0 Å². The standard InChI is InChI=1S/C22H27N5O3/c1-4-26-17-10-11-18(25-21(17)27(5-2)22(26)30)24-20(29)13-12-19(28)23-14-16-8-6-15(3)7-9-16/h6-11H,4-5,12-14H2,1-3H3,(H,23,28)(H,24,25,29). The molecule has 8 heteroatoms. The molecule has 30 heavy (non-hydrogen) atoms. The van der Waals surface area contributed by atoms with Gasteiger partial charge in [-0.1, -0.05) is 29.8 Å². The van der Waals surface area contributed by atoms with Gasteiger partial charge in [-0.25, -0.2) is 9.78 Å². The van der Waals surface area contributed by atoms with Crippen molar-refractivity contribution in [1.29, 1.82) is 0 Å². The lowest BCUT2D eigenvalue weighted by Crippen LogP contribution is -2.24. The lowest BCUT2D eigenvalue weighted by molar-refractivity contribution is -0.124. The SMILES string of the molecule is CCn1c(=O)n(CC)c2nc(NC(=O)CCC(=O)NCc3ccc(C)cc3)ccc21. The van der Waals surface area contributed by atoms with E-state index in [4.69, 9.17) is 0 Å². The van der Waals surface area contributed by atoms with E-state index < -0.39 is 0 Å². The Kier molecular flexibility index (Phi) is 6.66. The Morgan fingerprint density at radius 3 is 2.27 bits per heavy atom. The second-order valence-corrected chi connectivity index (χ2v) is 7.12. The lowest BCUT2D eigenvalue weighted by Gasteiger charge is -2.07. The van der Waals surface area contributed by atoms with Gasteiger partial charge in [0.2, 0.25) is 11.8 Å². The first-order chi connectivity index (χ1) is 14.4. The maximum Gasteiger partial charge on any atom is 0.330 e. The molecule has 0 bridgehead atoms. The highest BCUT2D eigenvalue weighted by atomic mass is 16.2. The van der Waals surface area contributed by atoms with E-state index in [1.54, 1.807) is 21.3 Å². The molecule has 0 saturated carbocycles. The summed E-state index contributed by atoms with van der Waals surface area (Å²) in [6, 6.07) is 11.4. The van der Waals surface area contributed by atoms with Crippen molar-refractivity contribution in [2.45, 2.75) is 53.2 Å². The number of amides is 2. The molecule has 158 valence electrons. The highest BCUT2D eigenvalue weighted by Gasteiger charge is 2.14. The van der Waals surface area contributed by atoms with Gasteiger partial charge < -0.3 is 10.6 Å². The number of anilines is 1. The number of nitrogens with one attached hydrogen (secondary N) is 2. The number of pyridine rings is 1. The third-order valence-electron chi connectivity index (χ3n) is 4.95. The first-order valence-electron chi connectivity index (χ1n) is 10.1. The molecule has 2 amide bonds. The van der Waals surface area contributed by atoms with Gasteiger partial charge in [-0.3, -0.25) is 18.7 Å². The zero-order chi connectivity index (χ0) is 21.7. The second kappa shape index (κ2) is 9.39. The number of carbonyl (C=O) groups is 2. The largest absolute Gasteiger partial charge is 0.352 e. The fourth-order valence-corrected chi connectivity index (χ4v) is 3.28. The van der Waals surface area contributed by atoms with Crippen molar-refractivity contribution >= 4 is 28.8 Å². The molecule has 0 aliphatic rings. The van der Waals surface area contributed by atoms with E-state index in [0.717, 1.165) is 16.6 Å². The van der Waals surface area contributed by atoms with Gasteiger partial charge in [0.1, 0.15) is 5.82 Å². The molecule has 3 rings (SSSR count). The summed E-state index contributed by atoms with van der Waals surface area (Å²) in [6.07, 6.45) is 0.141. The fraction of sp³-hybridized carbons (Fsp3) is 0.364. The van der Waals surface area contributed by atoms with Crippen LogP contribution < -0.4 is 16.3 Å². The van der Waals surface area contributed by atoms with Gasteiger partial charge >= 0.3 is 5.69 Å². The summed E-state index contributed by atoms with van der Waals surface area (Å²) < 4.78 is 3.23. The predicted octanol–water partition coefficient (Wildman–Crippen LogP) is 2.58. The number of carbonyl (C=O) groups excluding carboxylic acids is 2. The normalized spacial score (nSPS) is 10.9. The van der Waals surface area contributed by atoms with Crippen LogP contribution in [0.2, 0.25) is 0 Å². The Hall–Kier alpha value is -3.42. The van der Waals surface area contributed by atoms with Crippen LogP contribution in [-0.2, 0) is 29.2 Å². The Bertz CT molecular complexity index is 1110. The molecule has 2 N–H and O–H groups in total. The average Bonchev–Trinajstić information content (AvgIpc) is 3.01. The van der Waals surface area contributed by atoms with Gasteiger partial charge in [0.05, 0.1) is 5.52 Å². The molecular formula is C22H27N5O3. The van der Waals surface area contributed by atoms with Gasteiger partial charge in [-0.15, -0.1) is 0 Å². The molecule has 0 saturated heterocycles. The van der Waals surface area contributed by atoms with E-state index in [1.807, 2.05) is 45.0 Å². The van der Waals surface area contributed by atoms with Crippen molar-refractivity contribution in [2.24, 2.45) is 0 Å². The monoisotopic (exact) mass is 409 g/mol. The number of aryl methyl sites for hydroxylation is 3. The molecule has 2 aromatic heterocycles. The third kappa shape index (κ3) is 4.76. The Labute approximate surface area is 174 Å². The quantitative estimate of drug-likeness (QED) is 0.597. The van der Waals surface area contributed by atoms with Crippen molar-refractivity contribution in [1.82, 2.24) is 19.4 Å². The van der Waals surface area contributed by atoms with Crippen molar-refractivity contribution < 1.29 is 9.59 Å². The summed E-state index contributed by atoms with van der Waals surface area (Å²) >= 11 is 0. The minimum atomic E-state index is -0.298. The zero-order valence-corrected chi connectivity index (χ0v) is 17.6. The van der Waals surface area contributed by atoms with Crippen LogP contribution in [0.25, 0.3) is 11.2 Å². The van der Waals surface area contributed by atoms with E-state index >= 15 is 0 Å². The number of rotatable bonds is 8. The molecule has 1 aromatic carbocycles. The van der Waals surface area contributed by atoms with Crippen LogP contribution in [0, 0.1) is 6.92 Å². The number of fused-ring (bicyclic) bond motifs is 1. The molecule has 3 aromatic rings. The first-order valence-corrected chi connectivity index (χ1v) is 10.1. The van der Waals surface area contributed by atoms with E-state index in [1.165, 1.54) is 0 Å². The second-order valence-electron chi connectivity index (χ2n) is 7.12. The van der Waals surface area contributed by atoms with E-state index in [0.29, 0.717) is 31.1 Å². The van der Waals surface area contributed by atoms with Crippen molar-refractivity contribution in [2.75, 3.05) is 5.32 Å².